The van der Waals surface area contributed by atoms with Crippen LogP contribution in [0.2, 0.25) is 5.28 Å². The van der Waals surface area contributed by atoms with Crippen LogP contribution >= 0.6 is 11.6 Å². The van der Waals surface area contributed by atoms with Gasteiger partial charge in [0.05, 0.1) is 16.9 Å². The molecule has 0 amide bonds. The van der Waals surface area contributed by atoms with Crippen LogP contribution in [0.25, 0.3) is 56.9 Å². The van der Waals surface area contributed by atoms with E-state index in [1.165, 1.54) is 22.3 Å². The molecule has 0 spiro atoms. The Labute approximate surface area is 522 Å². The van der Waals surface area contributed by atoms with Gasteiger partial charge in [0.15, 0.2) is 29.1 Å². The summed E-state index contributed by atoms with van der Waals surface area (Å²) in [5.41, 5.74) is 16.2. The van der Waals surface area contributed by atoms with E-state index in [4.69, 9.17) is 35.9 Å². The van der Waals surface area contributed by atoms with Gasteiger partial charge in [-0.15, -0.1) is 0 Å². The van der Waals surface area contributed by atoms with Gasteiger partial charge in [0.2, 0.25) is 5.28 Å². The molecule has 0 radical (unpaired) electrons. The summed E-state index contributed by atoms with van der Waals surface area (Å²) in [6, 6.07) is 90.7. The number of para-hydroxylation sites is 2. The van der Waals surface area contributed by atoms with E-state index < -0.39 is 7.12 Å². The molecule has 1 saturated heterocycles. The third-order valence-electron chi connectivity index (χ3n) is 15.6. The molecule has 10 aromatic carbocycles. The quantitative estimate of drug-likeness (QED) is 0.110. The highest BCUT2D eigenvalue weighted by Crippen LogP contribution is 2.42. The fourth-order valence-corrected chi connectivity index (χ4v) is 10.2. The number of benzene rings is 10. The predicted octanol–water partition coefficient (Wildman–Crippen LogP) is 18.9. The second-order valence-corrected chi connectivity index (χ2v) is 23.0. The van der Waals surface area contributed by atoms with Crippen LogP contribution in [0.1, 0.15) is 49.9 Å². The molecular formula is C76H68BClN8O2. The van der Waals surface area contributed by atoms with Crippen molar-refractivity contribution in [1.82, 2.24) is 29.9 Å². The molecule has 1 aliphatic rings. The lowest BCUT2D eigenvalue weighted by Gasteiger charge is -2.32. The van der Waals surface area contributed by atoms with Crippen molar-refractivity contribution < 1.29 is 9.31 Å². The van der Waals surface area contributed by atoms with Gasteiger partial charge in [0.25, 0.3) is 0 Å². The summed E-state index contributed by atoms with van der Waals surface area (Å²) in [6.07, 6.45) is 0. The normalized spacial score (nSPS) is 12.9. The second kappa shape index (κ2) is 26.8. The number of rotatable bonds is 12. The third-order valence-corrected chi connectivity index (χ3v) is 15.8. The summed E-state index contributed by atoms with van der Waals surface area (Å²) in [5, 5.41) is 0.202. The third kappa shape index (κ3) is 14.0. The Morgan fingerprint density at radius 1 is 0.307 bits per heavy atom. The first-order valence-corrected chi connectivity index (χ1v) is 29.8. The number of hydrogen-bond donors (Lipinski definition) is 0. The van der Waals surface area contributed by atoms with Crippen molar-refractivity contribution in [3.8, 4) is 56.9 Å². The molecule has 0 unspecified atom stereocenters. The lowest BCUT2D eigenvalue weighted by atomic mass is 9.77. The Kier molecular flexibility index (Phi) is 18.2. The molecule has 0 atom stereocenters. The monoisotopic (exact) mass is 1170 g/mol. The van der Waals surface area contributed by atoms with E-state index >= 15 is 0 Å². The van der Waals surface area contributed by atoms with Crippen molar-refractivity contribution in [1.29, 1.82) is 0 Å². The fraction of sp³-hybridized carbons (Fsp3) is 0.132. The van der Waals surface area contributed by atoms with Crippen molar-refractivity contribution in [3.05, 3.63) is 294 Å². The van der Waals surface area contributed by atoms with Gasteiger partial charge in [0.1, 0.15) is 0 Å². The summed E-state index contributed by atoms with van der Waals surface area (Å²) in [5.74, 6) is 3.08. The van der Waals surface area contributed by atoms with Crippen LogP contribution in [-0.4, -0.2) is 48.2 Å². The van der Waals surface area contributed by atoms with Crippen molar-refractivity contribution in [2.45, 2.75) is 66.6 Å². The lowest BCUT2D eigenvalue weighted by Crippen LogP contribution is -2.41. The minimum Gasteiger partial charge on any atom is -0.399 e. The highest BCUT2D eigenvalue weighted by atomic mass is 35.5. The zero-order chi connectivity index (χ0) is 61.2. The zero-order valence-corrected chi connectivity index (χ0v) is 51.5. The van der Waals surface area contributed by atoms with Gasteiger partial charge < -0.3 is 19.1 Å². The summed E-state index contributed by atoms with van der Waals surface area (Å²) in [6.45, 7) is 16.8. The number of hydrogen-bond acceptors (Lipinski definition) is 10. The molecule has 13 rings (SSSR count). The van der Waals surface area contributed by atoms with Crippen molar-refractivity contribution in [2.75, 3.05) is 9.80 Å². The summed E-state index contributed by atoms with van der Waals surface area (Å²) < 4.78 is 12.8. The van der Waals surface area contributed by atoms with E-state index in [0.717, 1.165) is 67.4 Å². The molecule has 12 aromatic rings. The standard InChI is InChI=1S/C35H28N4.C26H30BNO2.C15H10ClN3/c1-25-17-21-29(22-18-25)39(30-23-19-26(2)20-24-30)32-16-10-9-15-31(32)35-37-33(27-11-5-3-6-12-27)36-34(38-35)28-13-7-4-8-14-28;1-19-11-15-21(16-12-19)28(22-17-13-20(2)14-18-22)24-10-8-7-9-23(24)27-29-25(3,4)26(5,6)30-27;16-15-18-13(11-7-3-1-4-8-11)17-14(19-15)12-9-5-2-6-10-12/h3-24H,1-2H3;7-18H,1-6H3;1-10H. The molecule has 434 valence electrons. The Morgan fingerprint density at radius 2 is 0.580 bits per heavy atom. The first-order chi connectivity index (χ1) is 42.7. The molecule has 0 bridgehead atoms. The molecule has 0 saturated carbocycles. The maximum absolute atomic E-state index is 6.40. The minimum atomic E-state index is -0.426. The number of halogens is 1. The molecule has 12 heteroatoms. The number of aromatic nitrogens is 6. The average Bonchev–Trinajstić information content (AvgIpc) is 3.96. The van der Waals surface area contributed by atoms with Gasteiger partial charge in [-0.05, 0) is 134 Å². The fourth-order valence-electron chi connectivity index (χ4n) is 10.1. The number of aryl methyl sites for hydroxylation is 4. The molecule has 3 heterocycles. The van der Waals surface area contributed by atoms with Crippen LogP contribution in [0.3, 0.4) is 0 Å². The van der Waals surface area contributed by atoms with Crippen LogP contribution in [0.15, 0.2) is 267 Å². The van der Waals surface area contributed by atoms with E-state index in [2.05, 4.69) is 214 Å². The van der Waals surface area contributed by atoms with Gasteiger partial charge in [-0.3, -0.25) is 0 Å². The van der Waals surface area contributed by atoms with E-state index in [0.29, 0.717) is 29.1 Å². The van der Waals surface area contributed by atoms with Crippen LogP contribution in [0.4, 0.5) is 34.1 Å². The van der Waals surface area contributed by atoms with E-state index in [1.54, 1.807) is 0 Å². The van der Waals surface area contributed by atoms with Gasteiger partial charge in [-0.2, -0.15) is 9.97 Å². The molecule has 0 aliphatic carbocycles. The minimum absolute atomic E-state index is 0.202. The van der Waals surface area contributed by atoms with E-state index in [9.17, 15) is 0 Å². The maximum Gasteiger partial charge on any atom is 0.496 e. The predicted molar refractivity (Wildman–Crippen MR) is 362 cm³/mol. The largest absolute Gasteiger partial charge is 0.496 e. The first-order valence-electron chi connectivity index (χ1n) is 29.5. The van der Waals surface area contributed by atoms with Crippen molar-refractivity contribution >= 4 is 58.3 Å². The highest BCUT2D eigenvalue weighted by molar-refractivity contribution is 6.64. The topological polar surface area (TPSA) is 102 Å². The van der Waals surface area contributed by atoms with Gasteiger partial charge in [-0.25, -0.2) is 19.9 Å². The molecule has 0 N–H and O–H groups in total. The Morgan fingerprint density at radius 3 is 0.932 bits per heavy atom. The summed E-state index contributed by atoms with van der Waals surface area (Å²) in [7, 11) is -0.426. The molecule has 88 heavy (non-hydrogen) atoms. The molecule has 1 aliphatic heterocycles. The lowest BCUT2D eigenvalue weighted by molar-refractivity contribution is 0.00578. The first kappa shape index (κ1) is 59.8. The number of anilines is 6. The Bertz CT molecular complexity index is 4040. The summed E-state index contributed by atoms with van der Waals surface area (Å²) in [4.78, 5) is 32.2. The van der Waals surface area contributed by atoms with Gasteiger partial charge in [-0.1, -0.05) is 222 Å². The maximum atomic E-state index is 6.40. The second-order valence-electron chi connectivity index (χ2n) is 22.7. The highest BCUT2D eigenvalue weighted by Gasteiger charge is 2.52. The Hall–Kier alpha value is -9.91. The Balaban J connectivity index is 0.000000145. The van der Waals surface area contributed by atoms with Gasteiger partial charge >= 0.3 is 7.12 Å². The zero-order valence-electron chi connectivity index (χ0n) is 50.8. The molecule has 2 aromatic heterocycles. The van der Waals surface area contributed by atoms with Crippen LogP contribution < -0.4 is 15.3 Å². The van der Waals surface area contributed by atoms with Crippen LogP contribution in [0, 0.1) is 27.7 Å². The SMILES string of the molecule is Cc1ccc(N(c2ccc(C)cc2)c2ccccc2-c2nc(-c3ccccc3)nc(-c3ccccc3)n2)cc1.Cc1ccc(N(c2ccc(C)cc2)c2ccccc2B2OC(C)(C)C(C)(C)O2)cc1.Clc1nc(-c2ccccc2)nc(-c2ccccc2)n1. The van der Waals surface area contributed by atoms with Gasteiger partial charge in [0, 0.05) is 61.7 Å². The average molecular weight is 1170 g/mol. The summed E-state index contributed by atoms with van der Waals surface area (Å²) >= 11 is 5.99. The smallest absolute Gasteiger partial charge is 0.399 e. The van der Waals surface area contributed by atoms with Crippen LogP contribution in [0.5, 0.6) is 0 Å². The van der Waals surface area contributed by atoms with E-state index in [1.807, 2.05) is 133 Å². The molecule has 1 fully saturated rings. The van der Waals surface area contributed by atoms with E-state index in [-0.39, 0.29) is 16.5 Å². The van der Waals surface area contributed by atoms with Crippen LogP contribution in [-0.2, 0) is 9.31 Å². The molecule has 10 nitrogen and oxygen atoms in total. The van der Waals surface area contributed by atoms with Crippen molar-refractivity contribution in [2.24, 2.45) is 0 Å². The molecular weight excluding hydrogens is 1100 g/mol. The van der Waals surface area contributed by atoms with Crippen molar-refractivity contribution in [3.63, 3.8) is 0 Å². The number of nitrogens with zero attached hydrogens (tertiary/aromatic N) is 8.